The van der Waals surface area contributed by atoms with Crippen molar-refractivity contribution in [3.63, 3.8) is 0 Å². The Morgan fingerprint density at radius 3 is 3.00 bits per heavy atom. The molecule has 3 heteroatoms. The summed E-state index contributed by atoms with van der Waals surface area (Å²) in [7, 11) is 0. The maximum absolute atomic E-state index is 5.55. The van der Waals surface area contributed by atoms with Crippen molar-refractivity contribution in [2.24, 2.45) is 0 Å². The highest BCUT2D eigenvalue weighted by molar-refractivity contribution is 9.10. The van der Waals surface area contributed by atoms with Crippen LogP contribution in [0.4, 0.5) is 0 Å². The SMILES string of the molecule is ClCCCCC#Cc1cc(Br)ccn1. The van der Waals surface area contributed by atoms with Gasteiger partial charge in [0.25, 0.3) is 0 Å². The average Bonchev–Trinajstić information content (AvgIpc) is 2.18. The molecule has 0 N–H and O–H groups in total. The summed E-state index contributed by atoms with van der Waals surface area (Å²) in [4.78, 5) is 4.13. The number of rotatable bonds is 3. The summed E-state index contributed by atoms with van der Waals surface area (Å²) in [6.45, 7) is 0. The van der Waals surface area contributed by atoms with Crippen molar-refractivity contribution in [1.82, 2.24) is 4.98 Å². The third-order valence-corrected chi connectivity index (χ3v) is 2.38. The molecule has 0 unspecified atom stereocenters. The summed E-state index contributed by atoms with van der Waals surface area (Å²) >= 11 is 8.92. The van der Waals surface area contributed by atoms with Crippen LogP contribution in [0.2, 0.25) is 0 Å². The molecule has 1 nitrogen and oxygen atoms in total. The fourth-order valence-electron chi connectivity index (χ4n) is 0.934. The Morgan fingerprint density at radius 1 is 1.43 bits per heavy atom. The molecule has 0 saturated carbocycles. The maximum atomic E-state index is 5.55. The van der Waals surface area contributed by atoms with Crippen molar-refractivity contribution in [2.75, 3.05) is 5.88 Å². The largest absolute Gasteiger partial charge is 0.248 e. The van der Waals surface area contributed by atoms with Crippen molar-refractivity contribution in [2.45, 2.75) is 19.3 Å². The molecule has 74 valence electrons. The van der Waals surface area contributed by atoms with E-state index in [-0.39, 0.29) is 0 Å². The number of halogens is 2. The topological polar surface area (TPSA) is 12.9 Å². The van der Waals surface area contributed by atoms with Gasteiger partial charge >= 0.3 is 0 Å². The lowest BCUT2D eigenvalue weighted by Crippen LogP contribution is -1.80. The number of unbranched alkanes of at least 4 members (excludes halogenated alkanes) is 2. The van der Waals surface area contributed by atoms with Crippen LogP contribution in [0.25, 0.3) is 0 Å². The molecule has 0 atom stereocenters. The number of hydrogen-bond acceptors (Lipinski definition) is 1. The van der Waals surface area contributed by atoms with Gasteiger partial charge in [0.05, 0.1) is 0 Å². The second kappa shape index (κ2) is 6.86. The maximum Gasteiger partial charge on any atom is 0.114 e. The number of hydrogen-bond donors (Lipinski definition) is 0. The average molecular weight is 273 g/mol. The molecule has 1 aromatic rings. The summed E-state index contributed by atoms with van der Waals surface area (Å²) in [5.74, 6) is 6.80. The smallest absolute Gasteiger partial charge is 0.114 e. The van der Waals surface area contributed by atoms with Gasteiger partial charge in [-0.05, 0) is 30.9 Å². The Morgan fingerprint density at radius 2 is 2.29 bits per heavy atom. The minimum absolute atomic E-state index is 0.719. The quantitative estimate of drug-likeness (QED) is 0.465. The van der Waals surface area contributed by atoms with Crippen molar-refractivity contribution < 1.29 is 0 Å². The first kappa shape index (κ1) is 11.6. The van der Waals surface area contributed by atoms with Crippen molar-refractivity contribution in [1.29, 1.82) is 0 Å². The van der Waals surface area contributed by atoms with Gasteiger partial charge in [0.15, 0.2) is 0 Å². The van der Waals surface area contributed by atoms with Crippen LogP contribution in [-0.4, -0.2) is 10.9 Å². The summed E-state index contributed by atoms with van der Waals surface area (Å²) in [5, 5.41) is 0. The molecule has 0 radical (unpaired) electrons. The van der Waals surface area contributed by atoms with E-state index in [0.717, 1.165) is 35.3 Å². The van der Waals surface area contributed by atoms with Crippen LogP contribution >= 0.6 is 27.5 Å². The lowest BCUT2D eigenvalue weighted by molar-refractivity contribution is 0.833. The summed E-state index contributed by atoms with van der Waals surface area (Å²) < 4.78 is 1.01. The predicted molar refractivity (Wildman–Crippen MR) is 63.4 cm³/mol. The summed E-state index contributed by atoms with van der Waals surface area (Å²) in [5.41, 5.74) is 0.810. The molecule has 0 aromatic carbocycles. The first-order valence-electron chi connectivity index (χ1n) is 4.49. The third kappa shape index (κ3) is 4.64. The normalized spacial score (nSPS) is 9.29. The van der Waals surface area contributed by atoms with E-state index in [1.54, 1.807) is 6.20 Å². The number of alkyl halides is 1. The lowest BCUT2D eigenvalue weighted by atomic mass is 10.2. The van der Waals surface area contributed by atoms with Gasteiger partial charge in [-0.25, -0.2) is 4.98 Å². The standard InChI is InChI=1S/C11H11BrClN/c12-10-6-8-14-11(9-10)5-3-1-2-4-7-13/h6,8-9H,1-2,4,7H2. The molecule has 1 rings (SSSR count). The van der Waals surface area contributed by atoms with E-state index < -0.39 is 0 Å². The molecular weight excluding hydrogens is 261 g/mol. The fourth-order valence-corrected chi connectivity index (χ4v) is 1.46. The van der Waals surface area contributed by atoms with Gasteiger partial charge in [-0.15, -0.1) is 11.6 Å². The monoisotopic (exact) mass is 271 g/mol. The van der Waals surface area contributed by atoms with Crippen LogP contribution < -0.4 is 0 Å². The second-order valence-electron chi connectivity index (χ2n) is 2.81. The van der Waals surface area contributed by atoms with Gasteiger partial charge in [0.1, 0.15) is 5.69 Å². The second-order valence-corrected chi connectivity index (χ2v) is 4.10. The zero-order valence-corrected chi connectivity index (χ0v) is 10.1. The Labute approximate surface area is 98.0 Å². The van der Waals surface area contributed by atoms with E-state index in [1.807, 2.05) is 12.1 Å². The molecular formula is C11H11BrClN. The molecule has 14 heavy (non-hydrogen) atoms. The minimum Gasteiger partial charge on any atom is -0.248 e. The van der Waals surface area contributed by atoms with E-state index in [1.165, 1.54) is 0 Å². The zero-order valence-electron chi connectivity index (χ0n) is 7.76. The molecule has 0 bridgehead atoms. The van der Waals surface area contributed by atoms with E-state index in [9.17, 15) is 0 Å². The van der Waals surface area contributed by atoms with Crippen molar-refractivity contribution in [3.8, 4) is 11.8 Å². The summed E-state index contributed by atoms with van der Waals surface area (Å²) in [6, 6.07) is 3.80. The number of pyridine rings is 1. The van der Waals surface area contributed by atoms with Gasteiger partial charge in [-0.2, -0.15) is 0 Å². The van der Waals surface area contributed by atoms with E-state index in [2.05, 4.69) is 32.8 Å². The number of aromatic nitrogens is 1. The summed E-state index contributed by atoms with van der Waals surface area (Å²) in [6.07, 6.45) is 4.72. The first-order chi connectivity index (χ1) is 6.83. The Hall–Kier alpha value is -0.520. The molecule has 0 aliphatic rings. The highest BCUT2D eigenvalue weighted by atomic mass is 79.9. The zero-order chi connectivity index (χ0) is 10.2. The van der Waals surface area contributed by atoms with Crippen LogP contribution in [0.1, 0.15) is 25.0 Å². The molecule has 1 heterocycles. The number of nitrogens with zero attached hydrogens (tertiary/aromatic N) is 1. The minimum atomic E-state index is 0.719. The van der Waals surface area contributed by atoms with Crippen LogP contribution in [0.5, 0.6) is 0 Å². The molecule has 0 spiro atoms. The molecule has 0 fully saturated rings. The van der Waals surface area contributed by atoms with E-state index in [0.29, 0.717) is 0 Å². The van der Waals surface area contributed by atoms with Crippen LogP contribution in [0.3, 0.4) is 0 Å². The van der Waals surface area contributed by atoms with Crippen molar-refractivity contribution >= 4 is 27.5 Å². The molecule has 0 saturated heterocycles. The van der Waals surface area contributed by atoms with Crippen LogP contribution in [0.15, 0.2) is 22.8 Å². The Balaban J connectivity index is 2.43. The van der Waals surface area contributed by atoms with Gasteiger partial charge in [0, 0.05) is 23.0 Å². The molecule has 1 aromatic heterocycles. The van der Waals surface area contributed by atoms with Crippen LogP contribution in [-0.2, 0) is 0 Å². The van der Waals surface area contributed by atoms with Gasteiger partial charge in [0.2, 0.25) is 0 Å². The molecule has 0 aliphatic carbocycles. The molecule has 0 amide bonds. The van der Waals surface area contributed by atoms with E-state index in [4.69, 9.17) is 11.6 Å². The predicted octanol–water partition coefficient (Wildman–Crippen LogP) is 3.60. The van der Waals surface area contributed by atoms with Gasteiger partial charge < -0.3 is 0 Å². The Bertz CT molecular complexity index is 341. The molecule has 0 aliphatic heterocycles. The van der Waals surface area contributed by atoms with Crippen molar-refractivity contribution in [3.05, 3.63) is 28.5 Å². The van der Waals surface area contributed by atoms with Gasteiger partial charge in [-0.3, -0.25) is 0 Å². The lowest BCUT2D eigenvalue weighted by Gasteiger charge is -1.90. The Kier molecular flexibility index (Phi) is 5.66. The van der Waals surface area contributed by atoms with E-state index >= 15 is 0 Å². The van der Waals surface area contributed by atoms with Gasteiger partial charge in [-0.1, -0.05) is 21.9 Å². The van der Waals surface area contributed by atoms with Crippen LogP contribution in [0, 0.1) is 11.8 Å². The fraction of sp³-hybridized carbons (Fsp3) is 0.364. The highest BCUT2D eigenvalue weighted by Crippen LogP contribution is 2.08. The first-order valence-corrected chi connectivity index (χ1v) is 5.82. The third-order valence-electron chi connectivity index (χ3n) is 1.62. The highest BCUT2D eigenvalue weighted by Gasteiger charge is 1.89.